The number of benzene rings is 2. The van der Waals surface area contributed by atoms with Gasteiger partial charge in [0.1, 0.15) is 17.0 Å². The second-order valence-corrected chi connectivity index (χ2v) is 5.57. The van der Waals surface area contributed by atoms with Crippen molar-refractivity contribution in [1.29, 1.82) is 0 Å². The van der Waals surface area contributed by atoms with Crippen molar-refractivity contribution >= 4 is 16.8 Å². The molecule has 1 aromatic heterocycles. The molecule has 0 saturated carbocycles. The highest BCUT2D eigenvalue weighted by Gasteiger charge is 2.06. The van der Waals surface area contributed by atoms with Gasteiger partial charge in [-0.2, -0.15) is 0 Å². The molecule has 25 heavy (non-hydrogen) atoms. The standard InChI is InChI=1S/C20H20N2O3/c1-24-17-9-7-15(8-10-17)11-13-21-19(23)14-25-18-6-2-4-16-5-3-12-22-20(16)18/h2-10,12H,11,13-14H2,1H3,(H,21,23). The molecule has 0 saturated heterocycles. The summed E-state index contributed by atoms with van der Waals surface area (Å²) in [7, 11) is 1.64. The number of nitrogens with one attached hydrogen (secondary N) is 1. The van der Waals surface area contributed by atoms with Gasteiger partial charge in [-0.1, -0.05) is 30.3 Å². The molecule has 0 radical (unpaired) electrons. The van der Waals surface area contributed by atoms with Crippen LogP contribution < -0.4 is 14.8 Å². The van der Waals surface area contributed by atoms with Gasteiger partial charge in [-0.3, -0.25) is 9.78 Å². The number of ether oxygens (including phenoxy) is 2. The van der Waals surface area contributed by atoms with Crippen molar-refractivity contribution in [3.8, 4) is 11.5 Å². The summed E-state index contributed by atoms with van der Waals surface area (Å²) >= 11 is 0. The van der Waals surface area contributed by atoms with Gasteiger partial charge in [0, 0.05) is 18.1 Å². The topological polar surface area (TPSA) is 60.5 Å². The minimum Gasteiger partial charge on any atom is -0.497 e. The predicted molar refractivity (Wildman–Crippen MR) is 96.9 cm³/mol. The Bertz CT molecular complexity index is 842. The monoisotopic (exact) mass is 336 g/mol. The molecule has 3 rings (SSSR count). The average Bonchev–Trinajstić information content (AvgIpc) is 2.67. The van der Waals surface area contributed by atoms with E-state index in [4.69, 9.17) is 9.47 Å². The summed E-state index contributed by atoms with van der Waals surface area (Å²) in [6.07, 6.45) is 2.47. The van der Waals surface area contributed by atoms with Crippen LogP contribution in [0.25, 0.3) is 10.9 Å². The van der Waals surface area contributed by atoms with Gasteiger partial charge in [0.05, 0.1) is 7.11 Å². The van der Waals surface area contributed by atoms with E-state index in [9.17, 15) is 4.79 Å². The summed E-state index contributed by atoms with van der Waals surface area (Å²) < 4.78 is 10.7. The van der Waals surface area contributed by atoms with Crippen molar-refractivity contribution in [3.05, 3.63) is 66.4 Å². The molecule has 0 atom stereocenters. The van der Waals surface area contributed by atoms with Gasteiger partial charge in [-0.15, -0.1) is 0 Å². The number of fused-ring (bicyclic) bond motifs is 1. The SMILES string of the molecule is COc1ccc(CCNC(=O)COc2cccc3cccnc23)cc1. The van der Waals surface area contributed by atoms with E-state index in [0.717, 1.165) is 28.6 Å². The van der Waals surface area contributed by atoms with Crippen molar-refractivity contribution in [3.63, 3.8) is 0 Å². The third kappa shape index (κ3) is 4.47. The van der Waals surface area contributed by atoms with Gasteiger partial charge < -0.3 is 14.8 Å². The average molecular weight is 336 g/mol. The summed E-state index contributed by atoms with van der Waals surface area (Å²) in [5.74, 6) is 1.29. The zero-order chi connectivity index (χ0) is 17.5. The number of amides is 1. The summed E-state index contributed by atoms with van der Waals surface area (Å²) in [5.41, 5.74) is 1.90. The first kappa shape index (κ1) is 16.8. The number of hydrogen-bond donors (Lipinski definition) is 1. The molecule has 128 valence electrons. The van der Waals surface area contributed by atoms with Crippen molar-refractivity contribution in [2.24, 2.45) is 0 Å². The maximum atomic E-state index is 12.0. The van der Waals surface area contributed by atoms with Crippen molar-refractivity contribution < 1.29 is 14.3 Å². The lowest BCUT2D eigenvalue weighted by atomic mass is 10.1. The third-order valence-corrected chi connectivity index (χ3v) is 3.85. The van der Waals surface area contributed by atoms with Gasteiger partial charge in [-0.25, -0.2) is 0 Å². The van der Waals surface area contributed by atoms with E-state index in [-0.39, 0.29) is 12.5 Å². The van der Waals surface area contributed by atoms with Crippen LogP contribution in [-0.2, 0) is 11.2 Å². The Kier molecular flexibility index (Phi) is 5.46. The minimum absolute atomic E-state index is 0.0295. The van der Waals surface area contributed by atoms with Gasteiger partial charge >= 0.3 is 0 Å². The molecule has 0 aliphatic heterocycles. The molecule has 0 fully saturated rings. The number of rotatable bonds is 7. The maximum absolute atomic E-state index is 12.0. The maximum Gasteiger partial charge on any atom is 0.257 e. The highest BCUT2D eigenvalue weighted by atomic mass is 16.5. The fraction of sp³-hybridized carbons (Fsp3) is 0.200. The molecule has 0 spiro atoms. The van der Waals surface area contributed by atoms with Gasteiger partial charge in [0.2, 0.25) is 0 Å². The molecular weight excluding hydrogens is 316 g/mol. The summed E-state index contributed by atoms with van der Waals surface area (Å²) in [6.45, 7) is 0.528. The Balaban J connectivity index is 1.47. The Hall–Kier alpha value is -3.08. The second kappa shape index (κ2) is 8.15. The molecule has 1 amide bonds. The molecule has 0 bridgehead atoms. The van der Waals surface area contributed by atoms with Crippen LogP contribution in [0.2, 0.25) is 0 Å². The van der Waals surface area contributed by atoms with E-state index in [0.29, 0.717) is 12.3 Å². The van der Waals surface area contributed by atoms with Crippen LogP contribution >= 0.6 is 0 Å². The molecule has 0 aliphatic rings. The number of carbonyl (C=O) groups excluding carboxylic acids is 1. The van der Waals surface area contributed by atoms with E-state index in [1.165, 1.54) is 0 Å². The molecule has 3 aromatic rings. The van der Waals surface area contributed by atoms with E-state index < -0.39 is 0 Å². The van der Waals surface area contributed by atoms with Crippen LogP contribution in [0.3, 0.4) is 0 Å². The summed E-state index contributed by atoms with van der Waals surface area (Å²) in [6, 6.07) is 17.3. The van der Waals surface area contributed by atoms with Crippen LogP contribution in [0.1, 0.15) is 5.56 Å². The Morgan fingerprint density at radius 1 is 1.08 bits per heavy atom. The van der Waals surface area contributed by atoms with Crippen molar-refractivity contribution in [2.45, 2.75) is 6.42 Å². The van der Waals surface area contributed by atoms with E-state index in [1.807, 2.05) is 54.6 Å². The Morgan fingerprint density at radius 2 is 1.88 bits per heavy atom. The van der Waals surface area contributed by atoms with Crippen LogP contribution in [0, 0.1) is 0 Å². The lowest BCUT2D eigenvalue weighted by molar-refractivity contribution is -0.123. The Labute approximate surface area is 146 Å². The predicted octanol–water partition coefficient (Wildman–Crippen LogP) is 2.98. The third-order valence-electron chi connectivity index (χ3n) is 3.85. The van der Waals surface area contributed by atoms with Crippen LogP contribution in [-0.4, -0.2) is 31.2 Å². The van der Waals surface area contributed by atoms with Crippen molar-refractivity contribution in [2.75, 3.05) is 20.3 Å². The summed E-state index contributed by atoms with van der Waals surface area (Å²) in [5, 5.41) is 3.85. The first-order valence-electron chi connectivity index (χ1n) is 8.12. The number of para-hydroxylation sites is 1. The molecule has 2 aromatic carbocycles. The second-order valence-electron chi connectivity index (χ2n) is 5.57. The fourth-order valence-electron chi connectivity index (χ4n) is 2.53. The first-order valence-corrected chi connectivity index (χ1v) is 8.12. The number of methoxy groups -OCH3 is 1. The normalized spacial score (nSPS) is 10.4. The smallest absolute Gasteiger partial charge is 0.257 e. The van der Waals surface area contributed by atoms with Gasteiger partial charge in [-0.05, 0) is 36.2 Å². The quantitative estimate of drug-likeness (QED) is 0.720. The Morgan fingerprint density at radius 3 is 2.68 bits per heavy atom. The molecular formula is C20H20N2O3. The largest absolute Gasteiger partial charge is 0.497 e. The first-order chi connectivity index (χ1) is 12.3. The van der Waals surface area contributed by atoms with Gasteiger partial charge in [0.15, 0.2) is 6.61 Å². The number of pyridine rings is 1. The molecule has 0 unspecified atom stereocenters. The molecule has 5 heteroatoms. The van der Waals surface area contributed by atoms with E-state index in [1.54, 1.807) is 13.3 Å². The number of aromatic nitrogens is 1. The molecule has 0 aliphatic carbocycles. The highest BCUT2D eigenvalue weighted by molar-refractivity contribution is 5.85. The van der Waals surface area contributed by atoms with E-state index in [2.05, 4.69) is 10.3 Å². The van der Waals surface area contributed by atoms with Gasteiger partial charge in [0.25, 0.3) is 5.91 Å². The van der Waals surface area contributed by atoms with E-state index >= 15 is 0 Å². The molecule has 1 N–H and O–H groups in total. The zero-order valence-corrected chi connectivity index (χ0v) is 14.1. The minimum atomic E-state index is -0.151. The molecule has 1 heterocycles. The molecule has 5 nitrogen and oxygen atoms in total. The van der Waals surface area contributed by atoms with Crippen LogP contribution in [0.15, 0.2) is 60.8 Å². The lowest BCUT2D eigenvalue weighted by Crippen LogP contribution is -2.30. The number of hydrogen-bond acceptors (Lipinski definition) is 4. The highest BCUT2D eigenvalue weighted by Crippen LogP contribution is 2.22. The number of nitrogens with zero attached hydrogens (tertiary/aromatic N) is 1. The summed E-state index contributed by atoms with van der Waals surface area (Å²) in [4.78, 5) is 16.3. The number of carbonyl (C=O) groups is 1. The zero-order valence-electron chi connectivity index (χ0n) is 14.1. The van der Waals surface area contributed by atoms with Crippen LogP contribution in [0.4, 0.5) is 0 Å². The lowest BCUT2D eigenvalue weighted by Gasteiger charge is -2.09. The fourth-order valence-corrected chi connectivity index (χ4v) is 2.53. The van der Waals surface area contributed by atoms with Crippen LogP contribution in [0.5, 0.6) is 11.5 Å². The van der Waals surface area contributed by atoms with Crippen molar-refractivity contribution in [1.82, 2.24) is 10.3 Å².